The van der Waals surface area contributed by atoms with Crippen molar-refractivity contribution in [1.29, 1.82) is 0 Å². The zero-order chi connectivity index (χ0) is 13.9. The van der Waals surface area contributed by atoms with Crippen LogP contribution in [0.3, 0.4) is 0 Å². The van der Waals surface area contributed by atoms with Gasteiger partial charge in [0, 0.05) is 12.6 Å². The average Bonchev–Trinajstić information content (AvgIpc) is 2.97. The molecule has 1 heterocycles. The van der Waals surface area contributed by atoms with E-state index in [0.29, 0.717) is 6.04 Å². The van der Waals surface area contributed by atoms with Gasteiger partial charge in [0.2, 0.25) is 0 Å². The van der Waals surface area contributed by atoms with E-state index in [9.17, 15) is 5.11 Å². The first-order valence-corrected chi connectivity index (χ1v) is 7.84. The van der Waals surface area contributed by atoms with Gasteiger partial charge in [0.25, 0.3) is 0 Å². The topological polar surface area (TPSA) is 32.7 Å². The molecule has 3 unspecified atom stereocenters. The smallest absolute Gasteiger partial charge is 0.119 e. The lowest BCUT2D eigenvalue weighted by molar-refractivity contribution is 0.0506. The molecular weight excluding hydrogens is 250 g/mol. The van der Waals surface area contributed by atoms with Gasteiger partial charge in [0.15, 0.2) is 0 Å². The summed E-state index contributed by atoms with van der Waals surface area (Å²) in [6, 6.07) is 8.52. The number of rotatable bonds is 4. The minimum atomic E-state index is -0.413. The van der Waals surface area contributed by atoms with Crippen molar-refractivity contribution in [2.45, 2.75) is 44.2 Å². The number of aliphatic hydroxyl groups is 1. The summed E-state index contributed by atoms with van der Waals surface area (Å²) in [5, 5.41) is 10.5. The van der Waals surface area contributed by atoms with E-state index in [2.05, 4.69) is 4.90 Å². The molecule has 1 aromatic carbocycles. The first-order valence-electron chi connectivity index (χ1n) is 7.84. The molecule has 3 rings (SSSR count). The molecule has 1 aliphatic carbocycles. The number of methoxy groups -OCH3 is 1. The van der Waals surface area contributed by atoms with Gasteiger partial charge in [-0.15, -0.1) is 0 Å². The van der Waals surface area contributed by atoms with Crippen molar-refractivity contribution in [2.75, 3.05) is 20.2 Å². The molecule has 3 heteroatoms. The van der Waals surface area contributed by atoms with Gasteiger partial charge < -0.3 is 9.84 Å². The van der Waals surface area contributed by atoms with Crippen LogP contribution in [0.5, 0.6) is 5.75 Å². The third-order valence-corrected chi connectivity index (χ3v) is 4.99. The highest BCUT2D eigenvalue weighted by Crippen LogP contribution is 2.37. The third-order valence-electron chi connectivity index (χ3n) is 4.99. The zero-order valence-corrected chi connectivity index (χ0v) is 12.3. The number of hydrogen-bond donors (Lipinski definition) is 1. The summed E-state index contributed by atoms with van der Waals surface area (Å²) in [5.41, 5.74) is 0.962. The Kier molecular flexibility index (Phi) is 4.27. The molecule has 1 aromatic rings. The second-order valence-corrected chi connectivity index (χ2v) is 6.19. The van der Waals surface area contributed by atoms with Crippen LogP contribution in [0.1, 0.15) is 43.8 Å². The molecule has 1 aliphatic heterocycles. The fraction of sp³-hybridized carbons (Fsp3) is 0.647. The van der Waals surface area contributed by atoms with Crippen LogP contribution < -0.4 is 4.74 Å². The van der Waals surface area contributed by atoms with Crippen molar-refractivity contribution in [3.05, 3.63) is 29.8 Å². The number of ether oxygens (including phenoxy) is 1. The number of benzene rings is 1. The van der Waals surface area contributed by atoms with Crippen LogP contribution in [0.2, 0.25) is 0 Å². The van der Waals surface area contributed by atoms with E-state index in [1.54, 1.807) is 7.11 Å². The molecule has 1 N–H and O–H groups in total. The van der Waals surface area contributed by atoms with Gasteiger partial charge in [-0.2, -0.15) is 0 Å². The molecule has 110 valence electrons. The van der Waals surface area contributed by atoms with Crippen molar-refractivity contribution in [1.82, 2.24) is 4.90 Å². The molecule has 2 fully saturated rings. The number of nitrogens with zero attached hydrogens (tertiary/aromatic N) is 1. The van der Waals surface area contributed by atoms with Gasteiger partial charge in [0.05, 0.1) is 13.2 Å². The third kappa shape index (κ3) is 2.84. The molecular formula is C17H25NO2. The summed E-state index contributed by atoms with van der Waals surface area (Å²) in [4.78, 5) is 2.52. The first kappa shape index (κ1) is 13.9. The monoisotopic (exact) mass is 275 g/mol. The molecule has 20 heavy (non-hydrogen) atoms. The maximum atomic E-state index is 10.5. The fourth-order valence-corrected chi connectivity index (χ4v) is 3.96. The summed E-state index contributed by atoms with van der Waals surface area (Å²) in [5.74, 6) is 1.69. The SMILES string of the molecule is COc1cccc(C(O)CN2CCCC3CCCC32)c1. The largest absolute Gasteiger partial charge is 0.497 e. The number of piperidine rings is 1. The van der Waals surface area contributed by atoms with Crippen LogP contribution in [0.25, 0.3) is 0 Å². The van der Waals surface area contributed by atoms with Crippen molar-refractivity contribution >= 4 is 0 Å². The summed E-state index contributed by atoms with van der Waals surface area (Å²) >= 11 is 0. The van der Waals surface area contributed by atoms with Crippen LogP contribution in [0.15, 0.2) is 24.3 Å². The quantitative estimate of drug-likeness (QED) is 0.917. The Morgan fingerprint density at radius 2 is 2.15 bits per heavy atom. The highest BCUT2D eigenvalue weighted by atomic mass is 16.5. The number of aliphatic hydroxyl groups excluding tert-OH is 1. The normalized spacial score (nSPS) is 28.1. The van der Waals surface area contributed by atoms with Crippen LogP contribution in [-0.2, 0) is 0 Å². The second-order valence-electron chi connectivity index (χ2n) is 6.19. The maximum Gasteiger partial charge on any atom is 0.119 e. The predicted octanol–water partition coefficient (Wildman–Crippen LogP) is 2.99. The second kappa shape index (κ2) is 6.15. The van der Waals surface area contributed by atoms with Crippen molar-refractivity contribution < 1.29 is 9.84 Å². The predicted molar refractivity (Wildman–Crippen MR) is 79.9 cm³/mol. The first-order chi connectivity index (χ1) is 9.78. The average molecular weight is 275 g/mol. The minimum absolute atomic E-state index is 0.413. The molecule has 0 radical (unpaired) electrons. The molecule has 1 saturated heterocycles. The van der Waals surface area contributed by atoms with Crippen molar-refractivity contribution in [3.8, 4) is 5.75 Å². The number of β-amino-alcohol motifs (C(OH)–C–C–N with tert-alkyl or cyclic N) is 1. The maximum absolute atomic E-state index is 10.5. The molecule has 3 atom stereocenters. The molecule has 0 aromatic heterocycles. The van der Waals surface area contributed by atoms with Crippen LogP contribution >= 0.6 is 0 Å². The summed E-state index contributed by atoms with van der Waals surface area (Å²) in [6.45, 7) is 1.90. The van der Waals surface area contributed by atoms with Gasteiger partial charge >= 0.3 is 0 Å². The molecule has 1 saturated carbocycles. The van der Waals surface area contributed by atoms with Crippen molar-refractivity contribution in [3.63, 3.8) is 0 Å². The number of likely N-dealkylation sites (tertiary alicyclic amines) is 1. The number of fused-ring (bicyclic) bond motifs is 1. The van der Waals surface area contributed by atoms with Crippen LogP contribution in [-0.4, -0.2) is 36.2 Å². The molecule has 2 aliphatic rings. The Hall–Kier alpha value is -1.06. The summed E-state index contributed by atoms with van der Waals surface area (Å²) < 4.78 is 5.24. The molecule has 0 amide bonds. The molecule has 3 nitrogen and oxygen atoms in total. The van der Waals surface area contributed by atoms with E-state index in [-0.39, 0.29) is 0 Å². The van der Waals surface area contributed by atoms with Crippen LogP contribution in [0.4, 0.5) is 0 Å². The summed E-state index contributed by atoms with van der Waals surface area (Å²) in [7, 11) is 1.67. The Balaban J connectivity index is 1.66. The van der Waals surface area contributed by atoms with Gasteiger partial charge in [-0.1, -0.05) is 18.6 Å². The molecule has 0 spiro atoms. The van der Waals surface area contributed by atoms with E-state index in [1.165, 1.54) is 32.1 Å². The Morgan fingerprint density at radius 1 is 1.30 bits per heavy atom. The lowest BCUT2D eigenvalue weighted by Gasteiger charge is -2.38. The Bertz CT molecular complexity index is 448. The van der Waals surface area contributed by atoms with Crippen LogP contribution in [0, 0.1) is 5.92 Å². The van der Waals surface area contributed by atoms with Gasteiger partial charge in [-0.3, -0.25) is 4.90 Å². The Morgan fingerprint density at radius 3 is 3.00 bits per heavy atom. The van der Waals surface area contributed by atoms with Gasteiger partial charge in [0.1, 0.15) is 5.75 Å². The van der Waals surface area contributed by atoms with E-state index in [1.807, 2.05) is 24.3 Å². The highest BCUT2D eigenvalue weighted by molar-refractivity contribution is 5.30. The minimum Gasteiger partial charge on any atom is -0.497 e. The lowest BCUT2D eigenvalue weighted by atomic mass is 9.91. The van der Waals surface area contributed by atoms with Crippen molar-refractivity contribution in [2.24, 2.45) is 5.92 Å². The van der Waals surface area contributed by atoms with E-state index < -0.39 is 6.10 Å². The standard InChI is InChI=1S/C17H25NO2/c1-20-15-8-2-6-14(11-15)17(19)12-18-10-4-7-13-5-3-9-16(13)18/h2,6,8,11,13,16-17,19H,3-5,7,9-10,12H2,1H3. The van der Waals surface area contributed by atoms with Gasteiger partial charge in [-0.05, 0) is 55.8 Å². The van der Waals surface area contributed by atoms with Gasteiger partial charge in [-0.25, -0.2) is 0 Å². The highest BCUT2D eigenvalue weighted by Gasteiger charge is 2.35. The fourth-order valence-electron chi connectivity index (χ4n) is 3.96. The van der Waals surface area contributed by atoms with E-state index in [4.69, 9.17) is 4.74 Å². The van der Waals surface area contributed by atoms with E-state index >= 15 is 0 Å². The zero-order valence-electron chi connectivity index (χ0n) is 12.3. The summed E-state index contributed by atoms with van der Waals surface area (Å²) in [6.07, 6.45) is 6.32. The molecule has 0 bridgehead atoms. The lowest BCUT2D eigenvalue weighted by Crippen LogP contribution is -2.44. The Labute approximate surface area is 121 Å². The van der Waals surface area contributed by atoms with E-state index in [0.717, 1.165) is 30.3 Å². The number of hydrogen-bond acceptors (Lipinski definition) is 3.